The Bertz CT molecular complexity index is 538. The van der Waals surface area contributed by atoms with Crippen molar-refractivity contribution in [3.05, 3.63) is 33.8 Å². The molecule has 1 aliphatic heterocycles. The number of hydrogen-bond donors (Lipinski definition) is 1. The molecule has 142 valence electrons. The highest BCUT2D eigenvalue weighted by Gasteiger charge is 2.35. The molecule has 1 atom stereocenters. The lowest BCUT2D eigenvalue weighted by Crippen LogP contribution is -2.47. The Kier molecular flexibility index (Phi) is 7.62. The van der Waals surface area contributed by atoms with Gasteiger partial charge in [-0.3, -0.25) is 4.90 Å². The second-order valence-corrected chi connectivity index (χ2v) is 7.82. The fourth-order valence-corrected chi connectivity index (χ4v) is 4.65. The standard InChI is InChI=1S/C18H24BrF3N2.ClH/c19-16-11-14(10-15(12-16)18(20,21)22)17(13-4-2-1-3-5-13)24-8-6-23-7-9-24;/h10-13,17,23H,1-9H2;1H/t17-;/m0./s1. The lowest BCUT2D eigenvalue weighted by molar-refractivity contribution is -0.137. The van der Waals surface area contributed by atoms with Crippen molar-refractivity contribution in [3.8, 4) is 0 Å². The number of alkyl halides is 3. The molecule has 0 aromatic heterocycles. The quantitative estimate of drug-likeness (QED) is 0.674. The SMILES string of the molecule is Cl.FC(F)(F)c1cc(Br)cc([C@H](C2CCCCC2)N2CCNCC2)c1. The molecule has 2 fully saturated rings. The zero-order valence-corrected chi connectivity index (χ0v) is 16.5. The highest BCUT2D eigenvalue weighted by molar-refractivity contribution is 9.10. The smallest absolute Gasteiger partial charge is 0.314 e. The number of piperazine rings is 1. The van der Waals surface area contributed by atoms with E-state index < -0.39 is 11.7 Å². The first-order valence-electron chi connectivity index (χ1n) is 8.77. The van der Waals surface area contributed by atoms with E-state index in [4.69, 9.17) is 0 Å². The second kappa shape index (κ2) is 9.07. The fourth-order valence-electron chi connectivity index (χ4n) is 4.14. The van der Waals surface area contributed by atoms with E-state index in [2.05, 4.69) is 26.1 Å². The van der Waals surface area contributed by atoms with Crippen LogP contribution in [0.15, 0.2) is 22.7 Å². The first kappa shape index (κ1) is 21.0. The molecular weight excluding hydrogens is 417 g/mol. The number of benzene rings is 1. The molecule has 1 saturated heterocycles. The summed E-state index contributed by atoms with van der Waals surface area (Å²) in [6.45, 7) is 3.61. The third-order valence-electron chi connectivity index (χ3n) is 5.23. The van der Waals surface area contributed by atoms with E-state index in [0.29, 0.717) is 10.4 Å². The van der Waals surface area contributed by atoms with Gasteiger partial charge in [-0.1, -0.05) is 35.2 Å². The van der Waals surface area contributed by atoms with Crippen molar-refractivity contribution in [3.63, 3.8) is 0 Å². The maximum absolute atomic E-state index is 13.3. The van der Waals surface area contributed by atoms with Crippen LogP contribution in [0, 0.1) is 5.92 Å². The van der Waals surface area contributed by atoms with Crippen molar-refractivity contribution < 1.29 is 13.2 Å². The third-order valence-corrected chi connectivity index (χ3v) is 5.69. The van der Waals surface area contributed by atoms with Gasteiger partial charge in [0.2, 0.25) is 0 Å². The molecule has 2 nitrogen and oxygen atoms in total. The van der Waals surface area contributed by atoms with Gasteiger partial charge in [0.15, 0.2) is 0 Å². The Labute approximate surface area is 162 Å². The summed E-state index contributed by atoms with van der Waals surface area (Å²) in [7, 11) is 0. The van der Waals surface area contributed by atoms with Gasteiger partial charge >= 0.3 is 6.18 Å². The van der Waals surface area contributed by atoms with Crippen LogP contribution < -0.4 is 5.32 Å². The number of nitrogens with one attached hydrogen (secondary N) is 1. The molecule has 0 unspecified atom stereocenters. The van der Waals surface area contributed by atoms with Crippen molar-refractivity contribution in [2.45, 2.75) is 44.3 Å². The highest BCUT2D eigenvalue weighted by Crippen LogP contribution is 2.41. The lowest BCUT2D eigenvalue weighted by atomic mass is 9.80. The predicted molar refractivity (Wildman–Crippen MR) is 100 cm³/mol. The number of halogens is 5. The van der Waals surface area contributed by atoms with Crippen molar-refractivity contribution >= 4 is 28.3 Å². The maximum Gasteiger partial charge on any atom is 0.416 e. The molecule has 1 aromatic carbocycles. The minimum Gasteiger partial charge on any atom is -0.314 e. The lowest BCUT2D eigenvalue weighted by Gasteiger charge is -2.41. The molecule has 0 spiro atoms. The molecule has 1 saturated carbocycles. The van der Waals surface area contributed by atoms with E-state index in [0.717, 1.165) is 44.6 Å². The Hall–Kier alpha value is -0.300. The molecule has 0 bridgehead atoms. The normalized spacial score (nSPS) is 21.6. The predicted octanol–water partition coefficient (Wildman–Crippen LogP) is 5.42. The Balaban J connectivity index is 0.00000225. The van der Waals surface area contributed by atoms with Crippen LogP contribution in [0.25, 0.3) is 0 Å². The Morgan fingerprint density at radius 2 is 1.68 bits per heavy atom. The van der Waals surface area contributed by atoms with Gasteiger partial charge in [-0.25, -0.2) is 0 Å². The summed E-state index contributed by atoms with van der Waals surface area (Å²) in [5.74, 6) is 0.451. The number of nitrogens with zero attached hydrogens (tertiary/aromatic N) is 1. The van der Waals surface area contributed by atoms with Crippen molar-refractivity contribution in [2.24, 2.45) is 5.92 Å². The summed E-state index contributed by atoms with van der Waals surface area (Å²) in [6, 6.07) is 4.52. The fraction of sp³-hybridized carbons (Fsp3) is 0.667. The van der Waals surface area contributed by atoms with Gasteiger partial charge in [-0.05, 0) is 42.5 Å². The number of hydrogen-bond acceptors (Lipinski definition) is 2. The van der Waals surface area contributed by atoms with E-state index in [-0.39, 0.29) is 18.4 Å². The van der Waals surface area contributed by atoms with E-state index >= 15 is 0 Å². The van der Waals surface area contributed by atoms with Gasteiger partial charge in [0.1, 0.15) is 0 Å². The largest absolute Gasteiger partial charge is 0.416 e. The van der Waals surface area contributed by atoms with Crippen LogP contribution in [-0.4, -0.2) is 31.1 Å². The molecule has 1 heterocycles. The van der Waals surface area contributed by atoms with Gasteiger partial charge < -0.3 is 5.32 Å². The van der Waals surface area contributed by atoms with Crippen molar-refractivity contribution in [1.29, 1.82) is 0 Å². The minimum atomic E-state index is -4.31. The van der Waals surface area contributed by atoms with E-state index in [1.165, 1.54) is 31.4 Å². The van der Waals surface area contributed by atoms with Crippen LogP contribution in [0.2, 0.25) is 0 Å². The van der Waals surface area contributed by atoms with Gasteiger partial charge in [0.25, 0.3) is 0 Å². The van der Waals surface area contributed by atoms with Gasteiger partial charge in [-0.2, -0.15) is 13.2 Å². The summed E-state index contributed by atoms with van der Waals surface area (Å²) in [6.07, 6.45) is 1.54. The maximum atomic E-state index is 13.3. The third kappa shape index (κ3) is 5.34. The van der Waals surface area contributed by atoms with E-state index in [1.54, 1.807) is 0 Å². The first-order valence-corrected chi connectivity index (χ1v) is 9.57. The summed E-state index contributed by atoms with van der Waals surface area (Å²) in [4.78, 5) is 2.38. The zero-order valence-electron chi connectivity index (χ0n) is 14.1. The summed E-state index contributed by atoms with van der Waals surface area (Å²) < 4.78 is 40.3. The molecule has 0 radical (unpaired) electrons. The molecule has 7 heteroatoms. The molecule has 3 rings (SSSR count). The van der Waals surface area contributed by atoms with E-state index in [1.807, 2.05) is 6.07 Å². The molecule has 1 N–H and O–H groups in total. The van der Waals surface area contributed by atoms with Crippen LogP contribution in [0.3, 0.4) is 0 Å². The van der Waals surface area contributed by atoms with Crippen LogP contribution in [0.1, 0.15) is 49.3 Å². The van der Waals surface area contributed by atoms with Gasteiger partial charge in [0, 0.05) is 36.7 Å². The summed E-state index contributed by atoms with van der Waals surface area (Å²) in [5, 5.41) is 3.34. The highest BCUT2D eigenvalue weighted by atomic mass is 79.9. The second-order valence-electron chi connectivity index (χ2n) is 6.90. The van der Waals surface area contributed by atoms with Crippen LogP contribution in [-0.2, 0) is 6.18 Å². The molecule has 1 aliphatic carbocycles. The molecule has 1 aromatic rings. The molecular formula is C18H25BrClF3N2. The summed E-state index contributed by atoms with van der Waals surface area (Å²) >= 11 is 3.29. The Morgan fingerprint density at radius 3 is 2.28 bits per heavy atom. The molecule has 2 aliphatic rings. The average Bonchev–Trinajstić information content (AvgIpc) is 2.56. The van der Waals surface area contributed by atoms with Gasteiger partial charge in [0.05, 0.1) is 5.56 Å². The van der Waals surface area contributed by atoms with Crippen molar-refractivity contribution in [1.82, 2.24) is 10.2 Å². The summed E-state index contributed by atoms with van der Waals surface area (Å²) in [5.41, 5.74) is 0.258. The monoisotopic (exact) mass is 440 g/mol. The van der Waals surface area contributed by atoms with Crippen LogP contribution >= 0.6 is 28.3 Å². The van der Waals surface area contributed by atoms with E-state index in [9.17, 15) is 13.2 Å². The topological polar surface area (TPSA) is 15.3 Å². The Morgan fingerprint density at radius 1 is 1.04 bits per heavy atom. The average molecular weight is 442 g/mol. The molecule has 25 heavy (non-hydrogen) atoms. The van der Waals surface area contributed by atoms with Crippen LogP contribution in [0.5, 0.6) is 0 Å². The minimum absolute atomic E-state index is 0. The zero-order chi connectivity index (χ0) is 17.2. The van der Waals surface area contributed by atoms with Crippen LogP contribution in [0.4, 0.5) is 13.2 Å². The van der Waals surface area contributed by atoms with Crippen molar-refractivity contribution in [2.75, 3.05) is 26.2 Å². The molecule has 0 amide bonds. The first-order chi connectivity index (χ1) is 11.4. The van der Waals surface area contributed by atoms with Gasteiger partial charge in [-0.15, -0.1) is 12.4 Å². The number of rotatable bonds is 3.